The Morgan fingerprint density at radius 1 is 1.33 bits per heavy atom. The van der Waals surface area contributed by atoms with Crippen LogP contribution in [0.3, 0.4) is 0 Å². The van der Waals surface area contributed by atoms with E-state index in [1.165, 1.54) is 0 Å². The van der Waals surface area contributed by atoms with Crippen LogP contribution in [0.5, 0.6) is 5.75 Å². The van der Waals surface area contributed by atoms with E-state index in [1.54, 1.807) is 7.11 Å². The number of ketones is 1. The minimum Gasteiger partial charge on any atom is -0.497 e. The Morgan fingerprint density at radius 2 is 2.14 bits per heavy atom. The van der Waals surface area contributed by atoms with Crippen molar-refractivity contribution >= 4 is 5.78 Å². The number of rotatable bonds is 2. The second-order valence-electron chi connectivity index (χ2n) is 6.58. The Hall–Kier alpha value is -1.35. The number of hydrogen-bond acceptors (Lipinski definition) is 3. The van der Waals surface area contributed by atoms with Gasteiger partial charge in [0.1, 0.15) is 11.5 Å². The SMILES string of the molecule is COc1cccc([C@]23CCC(=O)[C@@H](C)[C@@H]2CCC[C@@H]3O)c1. The van der Waals surface area contributed by atoms with Gasteiger partial charge < -0.3 is 9.84 Å². The number of hydrogen-bond donors (Lipinski definition) is 1. The summed E-state index contributed by atoms with van der Waals surface area (Å²) in [6.45, 7) is 2.04. The lowest BCUT2D eigenvalue weighted by atomic mass is 9.52. The monoisotopic (exact) mass is 288 g/mol. The summed E-state index contributed by atoms with van der Waals surface area (Å²) in [5, 5.41) is 10.8. The van der Waals surface area contributed by atoms with Crippen LogP contribution in [-0.2, 0) is 10.2 Å². The molecule has 0 aromatic heterocycles. The summed E-state index contributed by atoms with van der Waals surface area (Å²) >= 11 is 0. The second kappa shape index (κ2) is 5.45. The zero-order valence-electron chi connectivity index (χ0n) is 12.8. The third-order valence-electron chi connectivity index (χ3n) is 5.75. The van der Waals surface area contributed by atoms with Gasteiger partial charge in [-0.3, -0.25) is 4.79 Å². The Morgan fingerprint density at radius 3 is 2.90 bits per heavy atom. The molecule has 1 aromatic rings. The molecular weight excluding hydrogens is 264 g/mol. The predicted molar refractivity (Wildman–Crippen MR) is 81.4 cm³/mol. The summed E-state index contributed by atoms with van der Waals surface area (Å²) in [6, 6.07) is 8.06. The molecule has 1 aromatic carbocycles. The highest BCUT2D eigenvalue weighted by Crippen LogP contribution is 2.53. The van der Waals surface area contributed by atoms with Gasteiger partial charge in [0.2, 0.25) is 0 Å². The number of benzene rings is 1. The fourth-order valence-corrected chi connectivity index (χ4v) is 4.59. The van der Waals surface area contributed by atoms with Crippen molar-refractivity contribution in [1.29, 1.82) is 0 Å². The molecule has 0 saturated heterocycles. The Kier molecular flexibility index (Phi) is 3.78. The van der Waals surface area contributed by atoms with Crippen LogP contribution in [0.4, 0.5) is 0 Å². The van der Waals surface area contributed by atoms with Gasteiger partial charge in [0.15, 0.2) is 0 Å². The van der Waals surface area contributed by atoms with Gasteiger partial charge in [-0.2, -0.15) is 0 Å². The molecule has 2 aliphatic rings. The van der Waals surface area contributed by atoms with Gasteiger partial charge in [-0.05, 0) is 42.9 Å². The molecule has 0 unspecified atom stereocenters. The third kappa shape index (κ3) is 2.18. The Bertz CT molecular complexity index is 539. The molecule has 2 fully saturated rings. The molecule has 0 amide bonds. The Balaban J connectivity index is 2.09. The fraction of sp³-hybridized carbons (Fsp3) is 0.611. The minimum absolute atomic E-state index is 0.0416. The van der Waals surface area contributed by atoms with E-state index in [9.17, 15) is 9.90 Å². The van der Waals surface area contributed by atoms with Crippen LogP contribution in [0.15, 0.2) is 24.3 Å². The molecule has 0 heterocycles. The molecule has 2 aliphatic carbocycles. The van der Waals surface area contributed by atoms with Crippen molar-refractivity contribution in [3.05, 3.63) is 29.8 Å². The number of fused-ring (bicyclic) bond motifs is 1. The molecule has 0 spiro atoms. The molecule has 3 rings (SSSR count). The number of ether oxygens (including phenoxy) is 1. The largest absolute Gasteiger partial charge is 0.497 e. The normalized spacial score (nSPS) is 36.1. The number of carbonyl (C=O) groups is 1. The first-order valence-corrected chi connectivity index (χ1v) is 7.95. The first-order valence-electron chi connectivity index (χ1n) is 7.95. The van der Waals surface area contributed by atoms with Crippen LogP contribution >= 0.6 is 0 Å². The maximum Gasteiger partial charge on any atom is 0.136 e. The van der Waals surface area contributed by atoms with Crippen LogP contribution in [0.25, 0.3) is 0 Å². The van der Waals surface area contributed by atoms with Gasteiger partial charge in [-0.1, -0.05) is 25.5 Å². The maximum absolute atomic E-state index is 12.1. The molecule has 2 saturated carbocycles. The lowest BCUT2D eigenvalue weighted by Gasteiger charge is -2.53. The van der Waals surface area contributed by atoms with Gasteiger partial charge in [0, 0.05) is 17.8 Å². The number of aliphatic hydroxyl groups excluding tert-OH is 1. The number of carbonyl (C=O) groups excluding carboxylic acids is 1. The highest BCUT2D eigenvalue weighted by atomic mass is 16.5. The molecule has 0 bridgehead atoms. The average molecular weight is 288 g/mol. The second-order valence-corrected chi connectivity index (χ2v) is 6.58. The summed E-state index contributed by atoms with van der Waals surface area (Å²) in [5.41, 5.74) is 0.860. The van der Waals surface area contributed by atoms with Crippen molar-refractivity contribution in [3.8, 4) is 5.75 Å². The summed E-state index contributed by atoms with van der Waals surface area (Å²) < 4.78 is 5.36. The van der Waals surface area contributed by atoms with Crippen LogP contribution in [-0.4, -0.2) is 24.1 Å². The van der Waals surface area contributed by atoms with Gasteiger partial charge in [0.05, 0.1) is 13.2 Å². The van der Waals surface area contributed by atoms with Crippen molar-refractivity contribution < 1.29 is 14.6 Å². The summed E-state index contributed by atoms with van der Waals surface area (Å²) in [4.78, 5) is 12.1. The molecule has 0 aliphatic heterocycles. The fourth-order valence-electron chi connectivity index (χ4n) is 4.59. The van der Waals surface area contributed by atoms with Gasteiger partial charge in [-0.15, -0.1) is 0 Å². The van der Waals surface area contributed by atoms with Gasteiger partial charge in [0.25, 0.3) is 0 Å². The first-order chi connectivity index (χ1) is 10.1. The van der Waals surface area contributed by atoms with E-state index < -0.39 is 0 Å². The zero-order valence-corrected chi connectivity index (χ0v) is 12.8. The van der Waals surface area contributed by atoms with E-state index >= 15 is 0 Å². The zero-order chi connectivity index (χ0) is 15.0. The van der Waals surface area contributed by atoms with Crippen molar-refractivity contribution in [2.75, 3.05) is 7.11 Å². The molecular formula is C18H24O3. The van der Waals surface area contributed by atoms with Gasteiger partial charge in [-0.25, -0.2) is 0 Å². The van der Waals surface area contributed by atoms with Crippen molar-refractivity contribution in [1.82, 2.24) is 0 Å². The van der Waals surface area contributed by atoms with Crippen LogP contribution < -0.4 is 4.74 Å². The van der Waals surface area contributed by atoms with E-state index in [0.29, 0.717) is 12.2 Å². The van der Waals surface area contributed by atoms with E-state index in [-0.39, 0.29) is 23.4 Å². The highest BCUT2D eigenvalue weighted by Gasteiger charge is 2.53. The van der Waals surface area contributed by atoms with Crippen LogP contribution in [0, 0.1) is 11.8 Å². The molecule has 114 valence electrons. The molecule has 4 atom stereocenters. The third-order valence-corrected chi connectivity index (χ3v) is 5.75. The minimum atomic E-state index is -0.362. The Labute approximate surface area is 126 Å². The molecule has 0 radical (unpaired) electrons. The smallest absolute Gasteiger partial charge is 0.136 e. The number of methoxy groups -OCH3 is 1. The average Bonchev–Trinajstić information content (AvgIpc) is 2.52. The van der Waals surface area contributed by atoms with E-state index in [0.717, 1.165) is 37.0 Å². The summed E-state index contributed by atoms with van der Waals surface area (Å²) in [6.07, 6.45) is 3.84. The summed E-state index contributed by atoms with van der Waals surface area (Å²) in [7, 11) is 1.67. The van der Waals surface area contributed by atoms with Crippen LogP contribution in [0.2, 0.25) is 0 Å². The molecule has 21 heavy (non-hydrogen) atoms. The van der Waals surface area contributed by atoms with E-state index in [4.69, 9.17) is 4.74 Å². The standard InChI is InChI=1S/C18H24O3/c1-12-15-7-4-8-17(20)18(15,10-9-16(12)19)13-5-3-6-14(11-13)21-2/h3,5-6,11-12,15,17,20H,4,7-10H2,1-2H3/t12-,15-,17-,18+/m0/s1. The number of aliphatic hydroxyl groups is 1. The quantitative estimate of drug-likeness (QED) is 0.909. The highest BCUT2D eigenvalue weighted by molar-refractivity contribution is 5.82. The lowest BCUT2D eigenvalue weighted by Crippen LogP contribution is -2.55. The van der Waals surface area contributed by atoms with Gasteiger partial charge >= 0.3 is 0 Å². The van der Waals surface area contributed by atoms with Crippen molar-refractivity contribution in [3.63, 3.8) is 0 Å². The molecule has 1 N–H and O–H groups in total. The topological polar surface area (TPSA) is 46.5 Å². The van der Waals surface area contributed by atoms with Crippen LogP contribution in [0.1, 0.15) is 44.6 Å². The lowest BCUT2D eigenvalue weighted by molar-refractivity contribution is -0.134. The van der Waals surface area contributed by atoms with E-state index in [2.05, 4.69) is 6.07 Å². The molecule has 3 heteroatoms. The van der Waals surface area contributed by atoms with E-state index in [1.807, 2.05) is 25.1 Å². The first kappa shape index (κ1) is 14.6. The van der Waals surface area contributed by atoms with Crippen molar-refractivity contribution in [2.24, 2.45) is 11.8 Å². The van der Waals surface area contributed by atoms with Crippen molar-refractivity contribution in [2.45, 2.75) is 50.5 Å². The maximum atomic E-state index is 12.1. The summed E-state index contributed by atoms with van der Waals surface area (Å²) in [5.74, 6) is 1.46. The predicted octanol–water partition coefficient (Wildman–Crippen LogP) is 3.09. The molecule has 3 nitrogen and oxygen atoms in total. The number of Topliss-reactive ketones (excluding diaryl/α,β-unsaturated/α-hetero) is 1.